The summed E-state index contributed by atoms with van der Waals surface area (Å²) in [6, 6.07) is 12.0. The molecule has 0 saturated carbocycles. The first-order valence-electron chi connectivity index (χ1n) is 9.00. The van der Waals surface area contributed by atoms with E-state index in [4.69, 9.17) is 16.3 Å². The average Bonchev–Trinajstić information content (AvgIpc) is 2.72. The normalized spacial score (nSPS) is 14.2. The van der Waals surface area contributed by atoms with E-state index in [-0.39, 0.29) is 29.6 Å². The highest BCUT2D eigenvalue weighted by molar-refractivity contribution is 7.92. The van der Waals surface area contributed by atoms with E-state index in [2.05, 4.69) is 0 Å². The van der Waals surface area contributed by atoms with Crippen LogP contribution in [-0.2, 0) is 16.2 Å². The molecule has 0 radical (unpaired) electrons. The van der Waals surface area contributed by atoms with Crippen molar-refractivity contribution in [3.63, 3.8) is 0 Å². The molecule has 0 aromatic heterocycles. The number of hydrogen-bond donors (Lipinski definition) is 0. The van der Waals surface area contributed by atoms with Crippen LogP contribution in [0.3, 0.4) is 0 Å². The van der Waals surface area contributed by atoms with Crippen molar-refractivity contribution in [3.8, 4) is 16.9 Å². The first-order chi connectivity index (χ1) is 14.6. The van der Waals surface area contributed by atoms with E-state index in [9.17, 15) is 26.0 Å². The zero-order chi connectivity index (χ0) is 22.4. The lowest BCUT2D eigenvalue weighted by Gasteiger charge is -2.31. The summed E-state index contributed by atoms with van der Waals surface area (Å²) in [5.41, 5.74) is 0.0572. The van der Waals surface area contributed by atoms with Gasteiger partial charge in [0, 0.05) is 5.56 Å². The molecule has 162 valence electrons. The molecule has 0 bridgehead atoms. The number of fused-ring (bicyclic) bond motifs is 1. The Kier molecular flexibility index (Phi) is 5.35. The van der Waals surface area contributed by atoms with Gasteiger partial charge in [0.1, 0.15) is 18.2 Å². The summed E-state index contributed by atoms with van der Waals surface area (Å²) in [4.78, 5) is -0.486. The van der Waals surface area contributed by atoms with Crippen LogP contribution in [0.1, 0.15) is 5.56 Å². The van der Waals surface area contributed by atoms with E-state index < -0.39 is 32.5 Å². The Balaban J connectivity index is 1.80. The Morgan fingerprint density at radius 2 is 1.77 bits per heavy atom. The highest BCUT2D eigenvalue weighted by Crippen LogP contribution is 2.40. The standard InChI is InChI=1S/C21H14ClF4NO3S/c22-18-12-15(23)5-6-17(18)13-4-7-20-19(10-13)27(8-9-30-20)31(28,29)16-3-1-2-14(11-16)21(24,25)26/h1-7,10-12H,8-9H2. The summed E-state index contributed by atoms with van der Waals surface area (Å²) in [5.74, 6) is -0.271. The van der Waals surface area contributed by atoms with Gasteiger partial charge in [-0.1, -0.05) is 23.7 Å². The van der Waals surface area contributed by atoms with Crippen LogP contribution in [0.2, 0.25) is 5.02 Å². The topological polar surface area (TPSA) is 46.6 Å². The first kappa shape index (κ1) is 21.5. The Bertz CT molecular complexity index is 1260. The third-order valence-corrected chi connectivity index (χ3v) is 6.89. The molecule has 0 N–H and O–H groups in total. The molecule has 3 aromatic rings. The lowest BCUT2D eigenvalue weighted by molar-refractivity contribution is -0.137. The molecule has 4 nitrogen and oxygen atoms in total. The van der Waals surface area contributed by atoms with Crippen LogP contribution < -0.4 is 9.04 Å². The minimum absolute atomic E-state index is 0.0296. The van der Waals surface area contributed by atoms with Gasteiger partial charge in [0.15, 0.2) is 0 Å². The van der Waals surface area contributed by atoms with Crippen molar-refractivity contribution in [2.45, 2.75) is 11.1 Å². The van der Waals surface area contributed by atoms with E-state index >= 15 is 0 Å². The molecule has 0 atom stereocenters. The molecule has 1 aliphatic rings. The summed E-state index contributed by atoms with van der Waals surface area (Å²) in [6.45, 7) is -0.0615. The minimum atomic E-state index is -4.68. The molecular formula is C21H14ClF4NO3S. The second-order valence-corrected chi connectivity index (χ2v) is 9.03. The van der Waals surface area contributed by atoms with Crippen LogP contribution in [0.4, 0.5) is 23.2 Å². The van der Waals surface area contributed by atoms with Gasteiger partial charge < -0.3 is 4.74 Å². The summed E-state index contributed by atoms with van der Waals surface area (Å²) in [5, 5.41) is 0.129. The average molecular weight is 472 g/mol. The van der Waals surface area contributed by atoms with Crippen LogP contribution in [-0.4, -0.2) is 21.6 Å². The Morgan fingerprint density at radius 3 is 2.48 bits per heavy atom. The number of nitrogens with zero attached hydrogens (tertiary/aromatic N) is 1. The quantitative estimate of drug-likeness (QED) is 0.457. The third-order valence-electron chi connectivity index (χ3n) is 4.77. The number of rotatable bonds is 3. The van der Waals surface area contributed by atoms with Crippen molar-refractivity contribution in [2.24, 2.45) is 0 Å². The van der Waals surface area contributed by atoms with Gasteiger partial charge in [-0.2, -0.15) is 13.2 Å². The van der Waals surface area contributed by atoms with E-state index in [0.717, 1.165) is 28.6 Å². The summed E-state index contributed by atoms with van der Waals surface area (Å²) in [6.07, 6.45) is -4.68. The number of ether oxygens (including phenoxy) is 1. The second-order valence-electron chi connectivity index (χ2n) is 6.76. The number of sulfonamides is 1. The minimum Gasteiger partial charge on any atom is -0.489 e. The number of benzene rings is 3. The largest absolute Gasteiger partial charge is 0.489 e. The molecule has 0 unspecified atom stereocenters. The Morgan fingerprint density at radius 1 is 1.00 bits per heavy atom. The SMILES string of the molecule is O=S(=O)(c1cccc(C(F)(F)F)c1)N1CCOc2ccc(-c3ccc(F)cc3Cl)cc21. The van der Waals surface area contributed by atoms with E-state index in [1.165, 1.54) is 24.3 Å². The molecule has 4 rings (SSSR count). The van der Waals surface area contributed by atoms with E-state index in [1.54, 1.807) is 6.07 Å². The van der Waals surface area contributed by atoms with Crippen LogP contribution in [0, 0.1) is 5.82 Å². The molecule has 0 aliphatic carbocycles. The lowest BCUT2D eigenvalue weighted by atomic mass is 10.0. The zero-order valence-electron chi connectivity index (χ0n) is 15.7. The highest BCUT2D eigenvalue weighted by Gasteiger charge is 2.34. The Hall–Kier alpha value is -2.78. The van der Waals surface area contributed by atoms with Crippen molar-refractivity contribution < 1.29 is 30.7 Å². The highest BCUT2D eigenvalue weighted by atomic mass is 35.5. The van der Waals surface area contributed by atoms with Gasteiger partial charge in [0.05, 0.1) is 27.7 Å². The first-order valence-corrected chi connectivity index (χ1v) is 10.8. The molecule has 3 aromatic carbocycles. The molecule has 0 amide bonds. The Labute approximate surface area is 180 Å². The van der Waals surface area contributed by atoms with Crippen LogP contribution in [0.5, 0.6) is 5.75 Å². The molecule has 0 spiro atoms. The van der Waals surface area contributed by atoms with Crippen LogP contribution >= 0.6 is 11.6 Å². The number of alkyl halides is 3. The van der Waals surface area contributed by atoms with Crippen molar-refractivity contribution in [1.29, 1.82) is 0 Å². The fourth-order valence-corrected chi connectivity index (χ4v) is 5.07. The number of hydrogen-bond acceptors (Lipinski definition) is 3. The van der Waals surface area contributed by atoms with Crippen molar-refractivity contribution in [1.82, 2.24) is 0 Å². The monoisotopic (exact) mass is 471 g/mol. The molecule has 31 heavy (non-hydrogen) atoms. The second kappa shape index (κ2) is 7.72. The van der Waals surface area contributed by atoms with Gasteiger partial charge in [0.25, 0.3) is 10.0 Å². The van der Waals surface area contributed by atoms with Crippen molar-refractivity contribution in [2.75, 3.05) is 17.5 Å². The summed E-state index contributed by atoms with van der Waals surface area (Å²) < 4.78 is 85.6. The fourth-order valence-electron chi connectivity index (χ4n) is 3.29. The maximum atomic E-state index is 13.4. The van der Waals surface area contributed by atoms with Crippen molar-refractivity contribution in [3.05, 3.63) is 77.1 Å². The van der Waals surface area contributed by atoms with Crippen LogP contribution in [0.15, 0.2) is 65.6 Å². The van der Waals surface area contributed by atoms with Gasteiger partial charge in [-0.3, -0.25) is 4.31 Å². The van der Waals surface area contributed by atoms with Gasteiger partial charge >= 0.3 is 6.18 Å². The van der Waals surface area contributed by atoms with Crippen LogP contribution in [0.25, 0.3) is 11.1 Å². The molecule has 10 heteroatoms. The predicted octanol–water partition coefficient (Wildman–Crippen LogP) is 5.75. The summed E-state index contributed by atoms with van der Waals surface area (Å²) in [7, 11) is -4.31. The van der Waals surface area contributed by atoms with Gasteiger partial charge in [-0.25, -0.2) is 12.8 Å². The third kappa shape index (κ3) is 4.07. The molecule has 0 fully saturated rings. The smallest absolute Gasteiger partial charge is 0.416 e. The summed E-state index contributed by atoms with van der Waals surface area (Å²) >= 11 is 6.12. The van der Waals surface area contributed by atoms with E-state index in [1.807, 2.05) is 0 Å². The number of halogens is 5. The lowest BCUT2D eigenvalue weighted by Crippen LogP contribution is -2.38. The maximum absolute atomic E-state index is 13.4. The van der Waals surface area contributed by atoms with Gasteiger partial charge in [-0.15, -0.1) is 0 Å². The number of anilines is 1. The molecular weight excluding hydrogens is 458 g/mol. The fraction of sp³-hybridized carbons (Fsp3) is 0.143. The van der Waals surface area contributed by atoms with Crippen molar-refractivity contribution >= 4 is 27.3 Å². The molecule has 0 saturated heterocycles. The predicted molar refractivity (Wildman–Crippen MR) is 108 cm³/mol. The van der Waals surface area contributed by atoms with Gasteiger partial charge in [0.2, 0.25) is 0 Å². The van der Waals surface area contributed by atoms with E-state index in [0.29, 0.717) is 17.2 Å². The zero-order valence-corrected chi connectivity index (χ0v) is 17.2. The molecule has 1 aliphatic heterocycles. The molecule has 1 heterocycles. The maximum Gasteiger partial charge on any atom is 0.416 e. The van der Waals surface area contributed by atoms with Gasteiger partial charge in [-0.05, 0) is 54.1 Å².